The maximum Gasteiger partial charge on any atom is 0.137 e. The van der Waals surface area contributed by atoms with Gasteiger partial charge < -0.3 is 13.7 Å². The van der Waals surface area contributed by atoms with Gasteiger partial charge in [-0.1, -0.05) is 92.7 Å². The van der Waals surface area contributed by atoms with Crippen molar-refractivity contribution in [3.8, 4) is 11.1 Å². The van der Waals surface area contributed by atoms with Crippen LogP contribution >= 0.6 is 0 Å². The van der Waals surface area contributed by atoms with Crippen molar-refractivity contribution in [3.05, 3.63) is 151 Å². The van der Waals surface area contributed by atoms with E-state index < -0.39 is 0 Å². The van der Waals surface area contributed by atoms with Gasteiger partial charge in [0.15, 0.2) is 0 Å². The third kappa shape index (κ3) is 3.48. The van der Waals surface area contributed by atoms with Gasteiger partial charge >= 0.3 is 0 Å². The maximum atomic E-state index is 6.38. The molecule has 46 heavy (non-hydrogen) atoms. The van der Waals surface area contributed by atoms with E-state index in [2.05, 4.69) is 134 Å². The monoisotopic (exact) mass is 591 g/mol. The van der Waals surface area contributed by atoms with Gasteiger partial charge in [-0.25, -0.2) is 0 Å². The van der Waals surface area contributed by atoms with Crippen molar-refractivity contribution in [3.63, 3.8) is 0 Å². The number of hydrogen-bond acceptors (Lipinski definition) is 3. The molecule has 0 unspecified atom stereocenters. The van der Waals surface area contributed by atoms with Crippen LogP contribution in [0.1, 0.15) is 25.0 Å². The van der Waals surface area contributed by atoms with E-state index in [1.165, 1.54) is 33.0 Å². The molecule has 0 radical (unpaired) electrons. The van der Waals surface area contributed by atoms with Crippen LogP contribution in [-0.4, -0.2) is 0 Å². The highest BCUT2D eigenvalue weighted by atomic mass is 16.3. The van der Waals surface area contributed by atoms with Gasteiger partial charge in [0.2, 0.25) is 0 Å². The minimum atomic E-state index is -0.0514. The Bertz CT molecular complexity index is 2690. The number of furan rings is 2. The molecule has 1 aliphatic carbocycles. The Morgan fingerprint density at radius 2 is 1.04 bits per heavy atom. The summed E-state index contributed by atoms with van der Waals surface area (Å²) in [6.07, 6.45) is 0. The van der Waals surface area contributed by atoms with Crippen LogP contribution in [-0.2, 0) is 5.41 Å². The lowest BCUT2D eigenvalue weighted by Crippen LogP contribution is -2.15. The van der Waals surface area contributed by atoms with Crippen LogP contribution in [0.4, 0.5) is 17.1 Å². The molecule has 1 aliphatic rings. The van der Waals surface area contributed by atoms with E-state index >= 15 is 0 Å². The average molecular weight is 592 g/mol. The Morgan fingerprint density at radius 1 is 0.435 bits per heavy atom. The fraction of sp³-hybridized carbons (Fsp3) is 0.0698. The first-order chi connectivity index (χ1) is 22.5. The zero-order chi connectivity index (χ0) is 30.6. The molecule has 3 nitrogen and oxygen atoms in total. The van der Waals surface area contributed by atoms with E-state index in [-0.39, 0.29) is 5.41 Å². The maximum absolute atomic E-state index is 6.38. The molecule has 0 fully saturated rings. The molecule has 10 rings (SSSR count). The predicted octanol–water partition coefficient (Wildman–Crippen LogP) is 12.4. The Labute approximate surface area is 265 Å². The third-order valence-electron chi connectivity index (χ3n) is 10.0. The molecule has 7 aromatic carbocycles. The largest absolute Gasteiger partial charge is 0.456 e. The van der Waals surface area contributed by atoms with E-state index in [1.54, 1.807) is 0 Å². The lowest BCUT2D eigenvalue weighted by atomic mass is 9.82. The molecule has 0 bridgehead atoms. The molecule has 0 amide bonds. The summed E-state index contributed by atoms with van der Waals surface area (Å²) in [6.45, 7) is 4.66. The van der Waals surface area contributed by atoms with Gasteiger partial charge in [0.1, 0.15) is 22.3 Å². The molecule has 0 spiro atoms. The van der Waals surface area contributed by atoms with E-state index in [9.17, 15) is 0 Å². The normalized spacial score (nSPS) is 13.6. The molecule has 3 heteroatoms. The summed E-state index contributed by atoms with van der Waals surface area (Å²) < 4.78 is 12.6. The first-order valence-corrected chi connectivity index (χ1v) is 15.8. The van der Waals surface area contributed by atoms with Crippen LogP contribution in [0.25, 0.3) is 65.8 Å². The molecule has 2 heterocycles. The van der Waals surface area contributed by atoms with E-state index in [0.29, 0.717) is 0 Å². The smallest absolute Gasteiger partial charge is 0.137 e. The highest BCUT2D eigenvalue weighted by molar-refractivity contribution is 6.19. The zero-order valence-corrected chi connectivity index (χ0v) is 25.5. The summed E-state index contributed by atoms with van der Waals surface area (Å²) in [5.41, 5.74) is 12.1. The highest BCUT2D eigenvalue weighted by Crippen LogP contribution is 2.51. The Hall–Kier alpha value is -5.80. The van der Waals surface area contributed by atoms with Crippen molar-refractivity contribution in [1.82, 2.24) is 0 Å². The van der Waals surface area contributed by atoms with Gasteiger partial charge in [0.25, 0.3) is 0 Å². The summed E-state index contributed by atoms with van der Waals surface area (Å²) in [5.74, 6) is 0. The first-order valence-electron chi connectivity index (χ1n) is 15.8. The molecular weight excluding hydrogens is 562 g/mol. The molecule has 9 aromatic rings. The molecule has 0 aliphatic heterocycles. The number of hydrogen-bond donors (Lipinski definition) is 0. The molecular formula is C43H29NO2. The summed E-state index contributed by atoms with van der Waals surface area (Å²) in [7, 11) is 0. The van der Waals surface area contributed by atoms with Crippen LogP contribution in [0, 0.1) is 0 Å². The minimum absolute atomic E-state index is 0.0514. The minimum Gasteiger partial charge on any atom is -0.456 e. The number of rotatable bonds is 3. The van der Waals surface area contributed by atoms with Gasteiger partial charge in [-0.3, -0.25) is 0 Å². The number of benzene rings is 7. The molecule has 0 atom stereocenters. The lowest BCUT2D eigenvalue weighted by Gasteiger charge is -2.27. The standard InChI is InChI=1S/C43H29NO2/c1-43(2)36-12-6-3-9-31(36)35-24-28(18-21-37(35)43)44(29-17-20-33-32-10-4-7-13-38(32)46-41(33)25-29)27-16-19-30-26(23-27)15-22-40-42(30)34-11-5-8-14-39(34)45-40/h3-25H,1-2H3. The molecule has 218 valence electrons. The fourth-order valence-electron chi connectivity index (χ4n) is 7.83. The topological polar surface area (TPSA) is 29.5 Å². The van der Waals surface area contributed by atoms with Crippen LogP contribution < -0.4 is 4.90 Å². The predicted molar refractivity (Wildman–Crippen MR) is 191 cm³/mol. The summed E-state index contributed by atoms with van der Waals surface area (Å²) in [4.78, 5) is 2.36. The molecule has 0 saturated heterocycles. The van der Waals surface area contributed by atoms with Crippen molar-refractivity contribution in [2.75, 3.05) is 4.90 Å². The second-order valence-corrected chi connectivity index (χ2v) is 13.0. The molecule has 0 saturated carbocycles. The highest BCUT2D eigenvalue weighted by Gasteiger charge is 2.35. The van der Waals surface area contributed by atoms with E-state index in [0.717, 1.165) is 60.9 Å². The number of para-hydroxylation sites is 2. The lowest BCUT2D eigenvalue weighted by molar-refractivity contribution is 0.660. The van der Waals surface area contributed by atoms with Crippen molar-refractivity contribution >= 4 is 71.7 Å². The van der Waals surface area contributed by atoms with Crippen LogP contribution in [0.3, 0.4) is 0 Å². The number of fused-ring (bicyclic) bond motifs is 11. The summed E-state index contributed by atoms with van der Waals surface area (Å²) in [5, 5.41) is 6.91. The van der Waals surface area contributed by atoms with Crippen molar-refractivity contribution in [2.24, 2.45) is 0 Å². The van der Waals surface area contributed by atoms with Crippen molar-refractivity contribution in [2.45, 2.75) is 19.3 Å². The second-order valence-electron chi connectivity index (χ2n) is 13.0. The third-order valence-corrected chi connectivity index (χ3v) is 10.0. The van der Waals surface area contributed by atoms with Crippen LogP contribution in [0.15, 0.2) is 148 Å². The average Bonchev–Trinajstić information content (AvgIpc) is 3.73. The summed E-state index contributed by atoms with van der Waals surface area (Å²) >= 11 is 0. The van der Waals surface area contributed by atoms with E-state index in [1.807, 2.05) is 24.3 Å². The number of anilines is 3. The Morgan fingerprint density at radius 3 is 1.91 bits per heavy atom. The zero-order valence-electron chi connectivity index (χ0n) is 25.5. The Balaban J connectivity index is 1.21. The Kier molecular flexibility index (Phi) is 5.06. The van der Waals surface area contributed by atoms with Gasteiger partial charge in [0, 0.05) is 50.1 Å². The SMILES string of the molecule is CC1(C)c2ccccc2-c2cc(N(c3ccc4c(ccc5oc6ccccc6c54)c3)c3ccc4c(c3)oc3ccccc34)ccc21. The summed E-state index contributed by atoms with van der Waals surface area (Å²) in [6, 6.07) is 50.0. The van der Waals surface area contributed by atoms with Crippen LogP contribution in [0.5, 0.6) is 0 Å². The first kappa shape index (κ1) is 25.5. The van der Waals surface area contributed by atoms with Crippen molar-refractivity contribution < 1.29 is 8.83 Å². The fourth-order valence-corrected chi connectivity index (χ4v) is 7.83. The second kappa shape index (κ2) is 9.12. The molecule has 2 aromatic heterocycles. The van der Waals surface area contributed by atoms with Gasteiger partial charge in [0.05, 0.1) is 0 Å². The van der Waals surface area contributed by atoms with Gasteiger partial charge in [-0.05, 0) is 87.6 Å². The quantitative estimate of drug-likeness (QED) is 0.205. The number of nitrogens with zero attached hydrogens (tertiary/aromatic N) is 1. The van der Waals surface area contributed by atoms with Gasteiger partial charge in [-0.15, -0.1) is 0 Å². The van der Waals surface area contributed by atoms with Crippen molar-refractivity contribution in [1.29, 1.82) is 0 Å². The van der Waals surface area contributed by atoms with E-state index in [4.69, 9.17) is 8.83 Å². The molecule has 0 N–H and O–H groups in total. The van der Waals surface area contributed by atoms with Gasteiger partial charge in [-0.2, -0.15) is 0 Å². The van der Waals surface area contributed by atoms with Crippen LogP contribution in [0.2, 0.25) is 0 Å².